The van der Waals surface area contributed by atoms with Crippen molar-refractivity contribution in [3.8, 4) is 22.8 Å². The summed E-state index contributed by atoms with van der Waals surface area (Å²) in [6.07, 6.45) is -0.0405. The van der Waals surface area contributed by atoms with Crippen LogP contribution in [-0.4, -0.2) is 35.8 Å². The Morgan fingerprint density at radius 3 is 2.74 bits per heavy atom. The van der Waals surface area contributed by atoms with Gasteiger partial charge in [-0.25, -0.2) is 4.68 Å². The second kappa shape index (κ2) is 8.31. The Hall–Kier alpha value is -3.52. The van der Waals surface area contributed by atoms with Gasteiger partial charge in [0.25, 0.3) is 0 Å². The highest BCUT2D eigenvalue weighted by molar-refractivity contribution is 6.30. The molecule has 0 saturated heterocycles. The summed E-state index contributed by atoms with van der Waals surface area (Å²) < 4.78 is 12.1. The molecule has 160 valence electrons. The van der Waals surface area contributed by atoms with E-state index in [-0.39, 0.29) is 18.2 Å². The summed E-state index contributed by atoms with van der Waals surface area (Å²) >= 11 is 6.13. The molecule has 0 spiro atoms. The van der Waals surface area contributed by atoms with Crippen molar-refractivity contribution in [3.63, 3.8) is 0 Å². The third kappa shape index (κ3) is 3.94. The van der Waals surface area contributed by atoms with Crippen molar-refractivity contribution in [1.29, 1.82) is 0 Å². The van der Waals surface area contributed by atoms with E-state index in [0.717, 1.165) is 11.1 Å². The molecule has 0 saturated carbocycles. The molecule has 2 aromatic carbocycles. The van der Waals surface area contributed by atoms with Crippen LogP contribution in [0, 0.1) is 6.92 Å². The van der Waals surface area contributed by atoms with Crippen LogP contribution in [0.25, 0.3) is 11.3 Å². The molecule has 9 heteroatoms. The van der Waals surface area contributed by atoms with Gasteiger partial charge in [0.1, 0.15) is 23.4 Å². The van der Waals surface area contributed by atoms with E-state index in [1.807, 2.05) is 19.1 Å². The molecule has 0 aliphatic carbocycles. The van der Waals surface area contributed by atoms with Crippen LogP contribution in [0.2, 0.25) is 5.02 Å². The summed E-state index contributed by atoms with van der Waals surface area (Å²) in [4.78, 5) is 25.6. The van der Waals surface area contributed by atoms with Gasteiger partial charge < -0.3 is 20.1 Å². The maximum atomic E-state index is 13.2. The van der Waals surface area contributed by atoms with E-state index in [1.165, 1.54) is 14.2 Å². The quantitative estimate of drug-likeness (QED) is 0.624. The molecule has 31 heavy (non-hydrogen) atoms. The number of carbonyl (C=O) groups is 2. The SMILES string of the molecule is COc1ccc(OC)c(NC(=O)[C@H]2CC(=O)Nc3c(C)c(-c4cccc(Cl)c4)nn32)c1. The molecule has 0 unspecified atom stereocenters. The van der Waals surface area contributed by atoms with E-state index in [1.54, 1.807) is 35.0 Å². The number of benzene rings is 2. The number of amides is 2. The van der Waals surface area contributed by atoms with Crippen molar-refractivity contribution < 1.29 is 19.1 Å². The standard InChI is InChI=1S/C22H21ClN4O4/c1-12-20(13-5-4-6-14(23)9-13)26-27-17(11-19(28)25-21(12)27)22(29)24-16-10-15(30-2)7-8-18(16)31-3/h4-10,17H,11H2,1-3H3,(H,24,29)(H,25,28)/t17-/m1/s1. The molecule has 1 atom stereocenters. The predicted octanol–water partition coefficient (Wildman–Crippen LogP) is 4.05. The van der Waals surface area contributed by atoms with Gasteiger partial charge in [-0.1, -0.05) is 23.7 Å². The minimum Gasteiger partial charge on any atom is -0.497 e. The minimum absolute atomic E-state index is 0.0405. The molecule has 2 heterocycles. The molecule has 4 rings (SSSR count). The number of hydrogen-bond acceptors (Lipinski definition) is 5. The van der Waals surface area contributed by atoms with Crippen LogP contribution in [0.15, 0.2) is 42.5 Å². The zero-order valence-corrected chi connectivity index (χ0v) is 18.0. The average Bonchev–Trinajstić information content (AvgIpc) is 3.09. The van der Waals surface area contributed by atoms with Gasteiger partial charge in [0.15, 0.2) is 0 Å². The van der Waals surface area contributed by atoms with Crippen molar-refractivity contribution in [2.24, 2.45) is 0 Å². The summed E-state index contributed by atoms with van der Waals surface area (Å²) in [5.41, 5.74) is 2.65. The lowest BCUT2D eigenvalue weighted by Gasteiger charge is -2.24. The number of hydrogen-bond donors (Lipinski definition) is 2. The Morgan fingerprint density at radius 2 is 2.03 bits per heavy atom. The summed E-state index contributed by atoms with van der Waals surface area (Å²) in [6, 6.07) is 11.5. The Morgan fingerprint density at radius 1 is 1.23 bits per heavy atom. The summed E-state index contributed by atoms with van der Waals surface area (Å²) in [5.74, 6) is 0.889. The number of carbonyl (C=O) groups excluding carboxylic acids is 2. The summed E-state index contributed by atoms with van der Waals surface area (Å²) in [5, 5.41) is 10.9. The lowest BCUT2D eigenvalue weighted by Crippen LogP contribution is -2.36. The fourth-order valence-corrected chi connectivity index (χ4v) is 3.77. The van der Waals surface area contributed by atoms with E-state index in [0.29, 0.717) is 33.7 Å². The number of halogens is 1. The predicted molar refractivity (Wildman–Crippen MR) is 118 cm³/mol. The first-order chi connectivity index (χ1) is 14.9. The molecule has 8 nitrogen and oxygen atoms in total. The molecule has 1 aliphatic rings. The van der Waals surface area contributed by atoms with Crippen LogP contribution in [-0.2, 0) is 9.59 Å². The molecule has 0 bridgehead atoms. The van der Waals surface area contributed by atoms with E-state index >= 15 is 0 Å². The second-order valence-electron chi connectivity index (χ2n) is 7.10. The monoisotopic (exact) mass is 440 g/mol. The van der Waals surface area contributed by atoms with Gasteiger partial charge in [-0.2, -0.15) is 5.10 Å². The lowest BCUT2D eigenvalue weighted by molar-refractivity contribution is -0.125. The third-order valence-electron chi connectivity index (χ3n) is 5.14. The topological polar surface area (TPSA) is 94.5 Å². The maximum absolute atomic E-state index is 13.2. The third-order valence-corrected chi connectivity index (χ3v) is 5.38. The van der Waals surface area contributed by atoms with E-state index < -0.39 is 6.04 Å². The molecular formula is C22H21ClN4O4. The van der Waals surface area contributed by atoms with Crippen LogP contribution in [0.4, 0.5) is 11.5 Å². The fraction of sp³-hybridized carbons (Fsp3) is 0.227. The Labute approximate surface area is 184 Å². The number of nitrogens with zero attached hydrogens (tertiary/aromatic N) is 2. The fourth-order valence-electron chi connectivity index (χ4n) is 3.58. The maximum Gasteiger partial charge on any atom is 0.249 e. The molecule has 1 aliphatic heterocycles. The van der Waals surface area contributed by atoms with Gasteiger partial charge in [-0.3, -0.25) is 9.59 Å². The van der Waals surface area contributed by atoms with Crippen molar-refractivity contribution >= 4 is 34.9 Å². The molecule has 1 aromatic heterocycles. The second-order valence-corrected chi connectivity index (χ2v) is 7.54. The number of aromatic nitrogens is 2. The van der Waals surface area contributed by atoms with Gasteiger partial charge in [-0.15, -0.1) is 0 Å². The van der Waals surface area contributed by atoms with E-state index in [4.69, 9.17) is 21.1 Å². The smallest absolute Gasteiger partial charge is 0.249 e. The minimum atomic E-state index is -0.828. The largest absolute Gasteiger partial charge is 0.497 e. The number of anilines is 2. The van der Waals surface area contributed by atoms with E-state index in [2.05, 4.69) is 15.7 Å². The van der Waals surface area contributed by atoms with Crippen molar-refractivity contribution in [2.45, 2.75) is 19.4 Å². The number of ether oxygens (including phenoxy) is 2. The molecule has 0 fully saturated rings. The number of fused-ring (bicyclic) bond motifs is 1. The first-order valence-corrected chi connectivity index (χ1v) is 9.97. The highest BCUT2D eigenvalue weighted by atomic mass is 35.5. The van der Waals surface area contributed by atoms with Gasteiger partial charge in [-0.05, 0) is 31.2 Å². The highest BCUT2D eigenvalue weighted by Crippen LogP contribution is 2.36. The number of rotatable bonds is 5. The normalized spacial score (nSPS) is 15.1. The first-order valence-electron chi connectivity index (χ1n) is 9.59. The lowest BCUT2D eigenvalue weighted by atomic mass is 10.1. The van der Waals surface area contributed by atoms with Crippen molar-refractivity contribution in [3.05, 3.63) is 53.1 Å². The first kappa shape index (κ1) is 20.7. The Bertz CT molecular complexity index is 1170. The molecule has 2 amide bonds. The highest BCUT2D eigenvalue weighted by Gasteiger charge is 2.34. The molecule has 0 radical (unpaired) electrons. The van der Waals surface area contributed by atoms with Crippen LogP contribution < -0.4 is 20.1 Å². The van der Waals surface area contributed by atoms with Crippen LogP contribution in [0.5, 0.6) is 11.5 Å². The van der Waals surface area contributed by atoms with Crippen LogP contribution in [0.1, 0.15) is 18.0 Å². The number of nitrogens with one attached hydrogen (secondary N) is 2. The van der Waals surface area contributed by atoms with Crippen molar-refractivity contribution in [2.75, 3.05) is 24.9 Å². The zero-order valence-electron chi connectivity index (χ0n) is 17.2. The Kier molecular flexibility index (Phi) is 5.56. The van der Waals surface area contributed by atoms with Gasteiger partial charge in [0.05, 0.1) is 32.0 Å². The van der Waals surface area contributed by atoms with E-state index in [9.17, 15) is 9.59 Å². The van der Waals surface area contributed by atoms with Gasteiger partial charge in [0, 0.05) is 22.2 Å². The molecule has 3 aromatic rings. The van der Waals surface area contributed by atoms with Gasteiger partial charge in [0.2, 0.25) is 11.8 Å². The molecular weight excluding hydrogens is 420 g/mol. The van der Waals surface area contributed by atoms with Gasteiger partial charge >= 0.3 is 0 Å². The zero-order chi connectivity index (χ0) is 22.1. The Balaban J connectivity index is 1.71. The average molecular weight is 441 g/mol. The summed E-state index contributed by atoms with van der Waals surface area (Å²) in [6.45, 7) is 1.85. The summed E-state index contributed by atoms with van der Waals surface area (Å²) in [7, 11) is 3.05. The van der Waals surface area contributed by atoms with Crippen molar-refractivity contribution in [1.82, 2.24) is 9.78 Å². The van der Waals surface area contributed by atoms with Crippen LogP contribution >= 0.6 is 11.6 Å². The van der Waals surface area contributed by atoms with Crippen LogP contribution in [0.3, 0.4) is 0 Å². The molecule has 2 N–H and O–H groups in total. The number of methoxy groups -OCH3 is 2.